The zero-order valence-corrected chi connectivity index (χ0v) is 9.57. The van der Waals surface area contributed by atoms with Crippen LogP contribution in [0.2, 0.25) is 0 Å². The first-order valence-corrected chi connectivity index (χ1v) is 5.33. The lowest BCUT2D eigenvalue weighted by Gasteiger charge is -2.06. The number of aromatic nitrogens is 2. The van der Waals surface area contributed by atoms with Gasteiger partial charge >= 0.3 is 0 Å². The average molecular weight is 213 g/mol. The zero-order valence-electron chi connectivity index (χ0n) is 9.57. The smallest absolute Gasteiger partial charge is 0.0597 e. The number of rotatable bonds is 3. The molecule has 0 bridgehead atoms. The SMILES string of the molecule is Cc1cc(NCc2cccc(C)n2)ccn1. The van der Waals surface area contributed by atoms with Crippen molar-refractivity contribution < 1.29 is 0 Å². The molecule has 2 heterocycles. The largest absolute Gasteiger partial charge is 0.379 e. The Morgan fingerprint density at radius 1 is 1.12 bits per heavy atom. The van der Waals surface area contributed by atoms with Crippen LogP contribution in [0, 0.1) is 13.8 Å². The van der Waals surface area contributed by atoms with Gasteiger partial charge in [0.15, 0.2) is 0 Å². The molecule has 3 nitrogen and oxygen atoms in total. The van der Waals surface area contributed by atoms with E-state index in [1.807, 2.05) is 44.2 Å². The number of aryl methyl sites for hydroxylation is 2. The Hall–Kier alpha value is -1.90. The van der Waals surface area contributed by atoms with Gasteiger partial charge in [0.05, 0.1) is 12.2 Å². The third-order valence-corrected chi connectivity index (χ3v) is 2.32. The molecular weight excluding hydrogens is 198 g/mol. The summed E-state index contributed by atoms with van der Waals surface area (Å²) in [6, 6.07) is 10.0. The molecular formula is C13H15N3. The highest BCUT2D eigenvalue weighted by Crippen LogP contribution is 2.08. The predicted octanol–water partition coefficient (Wildman–Crippen LogP) is 2.71. The maximum Gasteiger partial charge on any atom is 0.0597 e. The summed E-state index contributed by atoms with van der Waals surface area (Å²) in [4.78, 5) is 8.59. The summed E-state index contributed by atoms with van der Waals surface area (Å²) in [5.74, 6) is 0. The second-order valence-electron chi connectivity index (χ2n) is 3.81. The van der Waals surface area contributed by atoms with Gasteiger partial charge in [0.25, 0.3) is 0 Å². The van der Waals surface area contributed by atoms with Gasteiger partial charge < -0.3 is 5.32 Å². The van der Waals surface area contributed by atoms with Crippen molar-refractivity contribution in [1.29, 1.82) is 0 Å². The van der Waals surface area contributed by atoms with Crippen molar-refractivity contribution in [3.8, 4) is 0 Å². The second-order valence-corrected chi connectivity index (χ2v) is 3.81. The molecule has 2 aromatic rings. The summed E-state index contributed by atoms with van der Waals surface area (Å²) in [5, 5.41) is 3.33. The topological polar surface area (TPSA) is 37.8 Å². The molecule has 0 unspecified atom stereocenters. The third-order valence-electron chi connectivity index (χ3n) is 2.32. The zero-order chi connectivity index (χ0) is 11.4. The summed E-state index contributed by atoms with van der Waals surface area (Å²) in [7, 11) is 0. The monoisotopic (exact) mass is 213 g/mol. The van der Waals surface area contributed by atoms with E-state index in [-0.39, 0.29) is 0 Å². The summed E-state index contributed by atoms with van der Waals surface area (Å²) in [5.41, 5.74) is 4.19. The lowest BCUT2D eigenvalue weighted by Crippen LogP contribution is -2.02. The third kappa shape index (κ3) is 2.79. The molecule has 2 rings (SSSR count). The van der Waals surface area contributed by atoms with Crippen LogP contribution in [0.15, 0.2) is 36.5 Å². The van der Waals surface area contributed by atoms with Crippen LogP contribution < -0.4 is 5.32 Å². The van der Waals surface area contributed by atoms with Crippen molar-refractivity contribution >= 4 is 5.69 Å². The molecule has 82 valence electrons. The molecule has 2 aromatic heterocycles. The first-order chi connectivity index (χ1) is 7.74. The molecule has 16 heavy (non-hydrogen) atoms. The Bertz CT molecular complexity index is 435. The van der Waals surface area contributed by atoms with E-state index < -0.39 is 0 Å². The molecule has 0 saturated carbocycles. The quantitative estimate of drug-likeness (QED) is 0.851. The molecule has 0 amide bonds. The fourth-order valence-electron chi connectivity index (χ4n) is 1.55. The minimum absolute atomic E-state index is 0.741. The van der Waals surface area contributed by atoms with Gasteiger partial charge in [-0.25, -0.2) is 0 Å². The van der Waals surface area contributed by atoms with Crippen LogP contribution in [0.25, 0.3) is 0 Å². The number of hydrogen-bond acceptors (Lipinski definition) is 3. The highest BCUT2D eigenvalue weighted by molar-refractivity contribution is 5.43. The molecule has 0 aliphatic heterocycles. The predicted molar refractivity (Wildman–Crippen MR) is 65.3 cm³/mol. The van der Waals surface area contributed by atoms with Crippen molar-refractivity contribution in [3.63, 3.8) is 0 Å². The Kier molecular flexibility index (Phi) is 3.15. The van der Waals surface area contributed by atoms with Crippen LogP contribution >= 0.6 is 0 Å². The molecule has 0 atom stereocenters. The van der Waals surface area contributed by atoms with Gasteiger partial charge in [-0.2, -0.15) is 0 Å². The highest BCUT2D eigenvalue weighted by atomic mass is 14.9. The van der Waals surface area contributed by atoms with Crippen LogP contribution in [0.4, 0.5) is 5.69 Å². The van der Waals surface area contributed by atoms with E-state index in [1.165, 1.54) is 0 Å². The van der Waals surface area contributed by atoms with Crippen LogP contribution in [0.1, 0.15) is 17.1 Å². The summed E-state index contributed by atoms with van der Waals surface area (Å²) < 4.78 is 0. The van der Waals surface area contributed by atoms with E-state index in [0.717, 1.165) is 29.3 Å². The molecule has 3 heteroatoms. The van der Waals surface area contributed by atoms with Gasteiger partial charge in [-0.15, -0.1) is 0 Å². The van der Waals surface area contributed by atoms with Crippen LogP contribution in [-0.4, -0.2) is 9.97 Å². The number of anilines is 1. The van der Waals surface area contributed by atoms with Crippen LogP contribution in [0.5, 0.6) is 0 Å². The molecule has 0 aromatic carbocycles. The number of pyridine rings is 2. The maximum atomic E-state index is 4.43. The van der Waals surface area contributed by atoms with Gasteiger partial charge in [0.1, 0.15) is 0 Å². The molecule has 0 aliphatic carbocycles. The van der Waals surface area contributed by atoms with Gasteiger partial charge in [0.2, 0.25) is 0 Å². The highest BCUT2D eigenvalue weighted by Gasteiger charge is 1.96. The van der Waals surface area contributed by atoms with Crippen molar-refractivity contribution in [2.45, 2.75) is 20.4 Å². The van der Waals surface area contributed by atoms with E-state index in [9.17, 15) is 0 Å². The first kappa shape index (κ1) is 10.6. The summed E-state index contributed by atoms with van der Waals surface area (Å²) in [6.45, 7) is 4.72. The normalized spacial score (nSPS) is 10.1. The van der Waals surface area contributed by atoms with Crippen LogP contribution in [0.3, 0.4) is 0 Å². The summed E-state index contributed by atoms with van der Waals surface area (Å²) in [6.07, 6.45) is 1.81. The van der Waals surface area contributed by atoms with Crippen LogP contribution in [-0.2, 0) is 6.54 Å². The van der Waals surface area contributed by atoms with E-state index >= 15 is 0 Å². The lowest BCUT2D eigenvalue weighted by molar-refractivity contribution is 1.01. The summed E-state index contributed by atoms with van der Waals surface area (Å²) >= 11 is 0. The van der Waals surface area contributed by atoms with E-state index in [1.54, 1.807) is 6.20 Å². The number of nitrogens with one attached hydrogen (secondary N) is 1. The van der Waals surface area contributed by atoms with Gasteiger partial charge in [-0.3, -0.25) is 9.97 Å². The van der Waals surface area contributed by atoms with E-state index in [0.29, 0.717) is 0 Å². The van der Waals surface area contributed by atoms with Crippen molar-refractivity contribution in [3.05, 3.63) is 53.6 Å². The Balaban J connectivity index is 2.02. The van der Waals surface area contributed by atoms with Crippen molar-refractivity contribution in [2.75, 3.05) is 5.32 Å². The average Bonchev–Trinajstić information content (AvgIpc) is 2.27. The Labute approximate surface area is 95.6 Å². The molecule has 0 fully saturated rings. The standard InChI is InChI=1S/C13H15N3/c1-10-4-3-5-13(16-10)9-15-12-6-7-14-11(2)8-12/h3-8H,9H2,1-2H3,(H,14,15). The van der Waals surface area contributed by atoms with Gasteiger partial charge in [0, 0.05) is 23.3 Å². The molecule has 0 radical (unpaired) electrons. The van der Waals surface area contributed by atoms with E-state index in [2.05, 4.69) is 15.3 Å². The Morgan fingerprint density at radius 2 is 2.00 bits per heavy atom. The minimum Gasteiger partial charge on any atom is -0.379 e. The molecule has 0 saturated heterocycles. The van der Waals surface area contributed by atoms with Crippen molar-refractivity contribution in [1.82, 2.24) is 9.97 Å². The lowest BCUT2D eigenvalue weighted by atomic mass is 10.3. The maximum absolute atomic E-state index is 4.43. The molecule has 0 aliphatic rings. The molecule has 1 N–H and O–H groups in total. The molecule has 0 spiro atoms. The fraction of sp³-hybridized carbons (Fsp3) is 0.231. The fourth-order valence-corrected chi connectivity index (χ4v) is 1.55. The van der Waals surface area contributed by atoms with E-state index in [4.69, 9.17) is 0 Å². The van der Waals surface area contributed by atoms with Gasteiger partial charge in [-0.05, 0) is 38.1 Å². The number of hydrogen-bond donors (Lipinski definition) is 1. The van der Waals surface area contributed by atoms with Gasteiger partial charge in [-0.1, -0.05) is 6.07 Å². The number of nitrogens with zero attached hydrogens (tertiary/aromatic N) is 2. The second kappa shape index (κ2) is 4.75. The first-order valence-electron chi connectivity index (χ1n) is 5.33. The minimum atomic E-state index is 0.741. The van der Waals surface area contributed by atoms with Crippen molar-refractivity contribution in [2.24, 2.45) is 0 Å². The Morgan fingerprint density at radius 3 is 2.75 bits per heavy atom.